The van der Waals surface area contributed by atoms with Crippen molar-refractivity contribution in [2.45, 2.75) is 18.3 Å². The van der Waals surface area contributed by atoms with Crippen molar-refractivity contribution < 1.29 is 37.8 Å². The maximum absolute atomic E-state index is 15.3. The van der Waals surface area contributed by atoms with Gasteiger partial charge in [0.2, 0.25) is 17.7 Å². The smallest absolute Gasteiger partial charge is 0.260 e. The van der Waals surface area contributed by atoms with E-state index >= 15 is 4.79 Å². The first-order valence-electron chi connectivity index (χ1n) is 19.8. The maximum atomic E-state index is 15.3. The number of nitrogens with zero attached hydrogens (tertiary/aromatic N) is 3. The number of benzene rings is 5. The highest BCUT2D eigenvalue weighted by atomic mass is 35.5. The lowest BCUT2D eigenvalue weighted by molar-refractivity contribution is -0.139. The molecule has 3 fully saturated rings. The van der Waals surface area contributed by atoms with E-state index < -0.39 is 52.6 Å². The normalized spacial score (nSPS) is 24.6. The van der Waals surface area contributed by atoms with Gasteiger partial charge in [0.05, 0.1) is 41.7 Å². The Bertz CT molecular complexity index is 2810. The van der Waals surface area contributed by atoms with Crippen LogP contribution in [-0.2, 0) is 24.6 Å². The average molecular weight is 835 g/mol. The number of phenols is 1. The van der Waals surface area contributed by atoms with Crippen molar-refractivity contribution in [3.8, 4) is 23.0 Å². The van der Waals surface area contributed by atoms with E-state index in [0.717, 1.165) is 10.6 Å². The molecule has 1 saturated carbocycles. The molecule has 3 heterocycles. The molecule has 5 aromatic carbocycles. The molecule has 2 aliphatic heterocycles. The fourth-order valence-corrected chi connectivity index (χ4v) is 10.0. The molecule has 0 spiro atoms. The number of hydrazine groups is 1. The van der Waals surface area contributed by atoms with Crippen molar-refractivity contribution in [3.63, 3.8) is 0 Å². The molecule has 0 radical (unpaired) electrons. The summed E-state index contributed by atoms with van der Waals surface area (Å²) in [6.45, 7) is 0. The van der Waals surface area contributed by atoms with Crippen LogP contribution < -0.4 is 15.1 Å². The van der Waals surface area contributed by atoms with Crippen LogP contribution in [0.25, 0.3) is 28.6 Å². The molecule has 6 atom stereocenters. The molecule has 2 saturated heterocycles. The number of aromatic hydroxyl groups is 1. The van der Waals surface area contributed by atoms with Gasteiger partial charge in [-0.15, -0.1) is 0 Å². The molecular formula is C48H36ClFN4O7. The lowest BCUT2D eigenvalue weighted by atomic mass is 9.50. The highest BCUT2D eigenvalue weighted by Crippen LogP contribution is 2.62. The second-order valence-electron chi connectivity index (χ2n) is 15.8. The number of imide groups is 2. The number of allylic oxidation sites excluding steroid dienone is 3. The van der Waals surface area contributed by atoms with Crippen molar-refractivity contribution in [1.29, 1.82) is 0 Å². The van der Waals surface area contributed by atoms with Gasteiger partial charge in [-0.05, 0) is 115 Å². The zero-order valence-corrected chi connectivity index (χ0v) is 33.3. The first-order valence-corrected chi connectivity index (χ1v) is 20.2. The lowest BCUT2D eigenvalue weighted by Gasteiger charge is -2.49. The van der Waals surface area contributed by atoms with Gasteiger partial charge in [0.25, 0.3) is 11.8 Å². The average Bonchev–Trinajstić information content (AvgIpc) is 3.89. The number of para-hydroxylation sites is 2. The molecule has 0 bridgehead atoms. The first kappa shape index (κ1) is 38.2. The third-order valence-electron chi connectivity index (χ3n) is 12.7. The van der Waals surface area contributed by atoms with Crippen LogP contribution in [0.3, 0.4) is 0 Å². The zero-order chi connectivity index (χ0) is 42.2. The summed E-state index contributed by atoms with van der Waals surface area (Å²) in [6, 6.07) is 31.4. The molecule has 6 aromatic rings. The summed E-state index contributed by atoms with van der Waals surface area (Å²) < 4.78 is 25.3. The van der Waals surface area contributed by atoms with Crippen LogP contribution >= 0.6 is 11.6 Å². The van der Waals surface area contributed by atoms with E-state index in [9.17, 15) is 23.9 Å². The number of nitrogens with one attached hydrogen (secondary N) is 1. The third-order valence-corrected chi connectivity index (χ3v) is 12.9. The molecule has 4 aliphatic rings. The fraction of sp³-hybridized carbons (Fsp3) is 0.188. The van der Waals surface area contributed by atoms with Crippen molar-refractivity contribution in [3.05, 3.63) is 155 Å². The Labute approximate surface area is 353 Å². The topological polar surface area (TPSA) is 142 Å². The van der Waals surface area contributed by atoms with Crippen LogP contribution in [0.4, 0.5) is 15.8 Å². The van der Waals surface area contributed by atoms with Crippen LogP contribution in [0, 0.1) is 35.4 Å². The van der Waals surface area contributed by atoms with E-state index in [1.54, 1.807) is 66.7 Å². The van der Waals surface area contributed by atoms with Gasteiger partial charge in [0, 0.05) is 16.5 Å². The number of anilines is 2. The van der Waals surface area contributed by atoms with E-state index in [4.69, 9.17) is 20.8 Å². The number of ether oxygens (including phenoxy) is 1. The number of hydrogen-bond acceptors (Lipinski definition) is 9. The zero-order valence-electron chi connectivity index (χ0n) is 32.5. The third kappa shape index (κ3) is 6.03. The Kier molecular flexibility index (Phi) is 9.13. The minimum atomic E-state index is -1.53. The SMILES string of the molecule is COc1cc(C=CC2C3=CCC4C(=O)N(c5ccc(-c6nc7ccccc7o6)cc5)C(=O)C4C3CC3C(=O)N(Nc4ccc(F)cc4)C(=O)C23c2ccc(Cl)cc2)ccc1O. The number of amides is 4. The lowest BCUT2D eigenvalue weighted by Crippen LogP contribution is -2.54. The largest absolute Gasteiger partial charge is 0.504 e. The molecule has 10 rings (SSSR count). The quantitative estimate of drug-likeness (QED) is 0.114. The van der Waals surface area contributed by atoms with Gasteiger partial charge in [0.15, 0.2) is 17.1 Å². The minimum absolute atomic E-state index is 0.0509. The number of carbonyl (C=O) groups excluding carboxylic acids is 4. The molecule has 6 unspecified atom stereocenters. The van der Waals surface area contributed by atoms with Gasteiger partial charge in [-0.1, -0.05) is 65.7 Å². The van der Waals surface area contributed by atoms with Gasteiger partial charge in [-0.3, -0.25) is 29.5 Å². The Balaban J connectivity index is 1.07. The van der Waals surface area contributed by atoms with Crippen molar-refractivity contribution >= 4 is 63.8 Å². The van der Waals surface area contributed by atoms with Gasteiger partial charge in [-0.25, -0.2) is 9.37 Å². The number of aromatic nitrogens is 1. The number of fused-ring (bicyclic) bond motifs is 5. The highest BCUT2D eigenvalue weighted by molar-refractivity contribution is 6.30. The molecule has 2 N–H and O–H groups in total. The number of halogens is 2. The van der Waals surface area contributed by atoms with Gasteiger partial charge < -0.3 is 14.3 Å². The Morgan fingerprint density at radius 1 is 0.902 bits per heavy atom. The summed E-state index contributed by atoms with van der Waals surface area (Å²) in [6.07, 6.45) is 5.95. The second kappa shape index (κ2) is 14.6. The maximum Gasteiger partial charge on any atom is 0.260 e. The summed E-state index contributed by atoms with van der Waals surface area (Å²) in [5.74, 6) is -5.61. The Morgan fingerprint density at radius 3 is 2.39 bits per heavy atom. The van der Waals surface area contributed by atoms with Crippen LogP contribution in [0.2, 0.25) is 5.02 Å². The predicted molar refractivity (Wildman–Crippen MR) is 225 cm³/mol. The monoisotopic (exact) mass is 834 g/mol. The molecule has 61 heavy (non-hydrogen) atoms. The molecule has 1 aromatic heterocycles. The molecule has 2 aliphatic carbocycles. The molecule has 304 valence electrons. The van der Waals surface area contributed by atoms with E-state index in [1.165, 1.54) is 42.3 Å². The fourth-order valence-electron chi connectivity index (χ4n) is 9.91. The first-order chi connectivity index (χ1) is 29.6. The number of rotatable bonds is 8. The van der Waals surface area contributed by atoms with E-state index in [-0.39, 0.29) is 36.2 Å². The summed E-state index contributed by atoms with van der Waals surface area (Å²) in [4.78, 5) is 65.1. The molecular weight excluding hydrogens is 799 g/mol. The van der Waals surface area contributed by atoms with Crippen LogP contribution in [0.5, 0.6) is 11.5 Å². The van der Waals surface area contributed by atoms with E-state index in [0.29, 0.717) is 50.1 Å². The summed E-state index contributed by atoms with van der Waals surface area (Å²) in [7, 11) is 1.44. The number of phenolic OH excluding ortho intramolecular Hbond substituents is 1. The summed E-state index contributed by atoms with van der Waals surface area (Å²) in [5, 5.41) is 11.8. The second-order valence-corrected chi connectivity index (χ2v) is 16.2. The van der Waals surface area contributed by atoms with E-state index in [1.807, 2.05) is 36.4 Å². The van der Waals surface area contributed by atoms with Gasteiger partial charge in [0.1, 0.15) is 11.3 Å². The Morgan fingerprint density at radius 2 is 1.66 bits per heavy atom. The molecule has 4 amide bonds. The van der Waals surface area contributed by atoms with Crippen molar-refractivity contribution in [1.82, 2.24) is 9.99 Å². The van der Waals surface area contributed by atoms with Crippen LogP contribution in [-0.4, -0.2) is 45.8 Å². The van der Waals surface area contributed by atoms with Crippen molar-refractivity contribution in [2.75, 3.05) is 17.4 Å². The number of methoxy groups -OCH3 is 1. The van der Waals surface area contributed by atoms with Gasteiger partial charge >= 0.3 is 0 Å². The van der Waals surface area contributed by atoms with Gasteiger partial charge in [-0.2, -0.15) is 5.01 Å². The summed E-state index contributed by atoms with van der Waals surface area (Å²) in [5.41, 5.74) is 6.11. The highest BCUT2D eigenvalue weighted by Gasteiger charge is 2.69. The number of carbonyl (C=O) groups is 4. The number of hydrogen-bond donors (Lipinski definition) is 2. The van der Waals surface area contributed by atoms with Crippen molar-refractivity contribution in [2.24, 2.45) is 29.6 Å². The Hall–Kier alpha value is -7.05. The standard InChI is InChI=1S/C48H36ClFN4O7/c1-60-41-24-26(7-23-39(41)55)6-22-36-33-20-21-34-42(46(58)53(44(34)56)32-18-8-27(9-19-32)43-51-38-4-2-3-5-40(38)61-43)35(33)25-37-45(57)54(52-31-16-14-30(50)15-17-31)47(59)48(36,37)28-10-12-29(49)13-11-28/h2-20,22-24,34-37,42,52,55H,21,25H2,1H3. The van der Waals surface area contributed by atoms with Crippen LogP contribution in [0.15, 0.2) is 137 Å². The number of oxazole rings is 1. The van der Waals surface area contributed by atoms with Crippen LogP contribution in [0.1, 0.15) is 24.0 Å². The minimum Gasteiger partial charge on any atom is -0.504 e. The molecule has 13 heteroatoms. The molecule has 11 nitrogen and oxygen atoms in total. The predicted octanol–water partition coefficient (Wildman–Crippen LogP) is 8.74. The summed E-state index contributed by atoms with van der Waals surface area (Å²) >= 11 is 6.40. The van der Waals surface area contributed by atoms with E-state index in [2.05, 4.69) is 10.4 Å².